The van der Waals surface area contributed by atoms with E-state index in [9.17, 15) is 9.59 Å². The summed E-state index contributed by atoms with van der Waals surface area (Å²) in [4.78, 5) is 23.8. The minimum absolute atomic E-state index is 0. The van der Waals surface area contributed by atoms with Crippen molar-refractivity contribution in [1.29, 1.82) is 0 Å². The molecule has 0 aromatic carbocycles. The van der Waals surface area contributed by atoms with Crippen LogP contribution in [0.5, 0.6) is 0 Å². The van der Waals surface area contributed by atoms with E-state index in [4.69, 9.17) is 11.5 Å². The van der Waals surface area contributed by atoms with Gasteiger partial charge in [0.2, 0.25) is 0 Å². The number of thioether (sulfide) groups is 4. The van der Waals surface area contributed by atoms with Crippen LogP contribution in [0.4, 0.5) is 0 Å². The molecule has 0 aliphatic heterocycles. The Morgan fingerprint density at radius 3 is 1.21 bits per heavy atom. The van der Waals surface area contributed by atoms with Gasteiger partial charge in [0.1, 0.15) is 11.6 Å². The lowest BCUT2D eigenvalue weighted by Crippen LogP contribution is -2.31. The van der Waals surface area contributed by atoms with Gasteiger partial charge in [0.25, 0.3) is 0 Å². The molecule has 0 aliphatic rings. The van der Waals surface area contributed by atoms with Crippen LogP contribution in [0.2, 0.25) is 0 Å². The SMILES string of the molecule is CSCCC(N)C(=O)CCSCCCCCCCCCCSCCC(=O)C(N)CCSC.Cl.Cl. The average Bonchev–Trinajstić information content (AvgIpc) is 2.80. The molecular weight excluding hydrogens is 547 g/mol. The molecule has 0 aromatic heterocycles. The molecule has 0 rings (SSSR count). The van der Waals surface area contributed by atoms with Crippen LogP contribution in [0.3, 0.4) is 0 Å². The fourth-order valence-electron chi connectivity index (χ4n) is 3.20. The van der Waals surface area contributed by atoms with Gasteiger partial charge in [-0.15, -0.1) is 24.8 Å². The molecule has 34 heavy (non-hydrogen) atoms. The highest BCUT2D eigenvalue weighted by Gasteiger charge is 2.13. The molecule has 0 fully saturated rings. The van der Waals surface area contributed by atoms with Crippen LogP contribution in [-0.2, 0) is 9.59 Å². The van der Waals surface area contributed by atoms with E-state index < -0.39 is 0 Å². The fraction of sp³-hybridized carbons (Fsp3) is 0.917. The first-order valence-corrected chi connectivity index (χ1v) is 17.3. The lowest BCUT2D eigenvalue weighted by molar-refractivity contribution is -0.120. The van der Waals surface area contributed by atoms with E-state index in [0.29, 0.717) is 12.8 Å². The van der Waals surface area contributed by atoms with E-state index >= 15 is 0 Å². The molecule has 0 bridgehead atoms. The molecular formula is C24H50Cl2N2O2S4. The number of ketones is 2. The van der Waals surface area contributed by atoms with Crippen molar-refractivity contribution in [2.24, 2.45) is 11.5 Å². The second-order valence-corrected chi connectivity index (χ2v) is 12.7. The molecule has 0 aliphatic carbocycles. The number of carbonyl (C=O) groups is 2. The summed E-state index contributed by atoms with van der Waals surface area (Å²) in [7, 11) is 0. The summed E-state index contributed by atoms with van der Waals surface area (Å²) >= 11 is 7.29. The third kappa shape index (κ3) is 26.3. The number of nitrogens with two attached hydrogens (primary N) is 2. The first-order valence-electron chi connectivity index (χ1n) is 12.2. The van der Waals surface area contributed by atoms with Crippen molar-refractivity contribution < 1.29 is 9.59 Å². The second kappa shape index (κ2) is 30.5. The number of Topliss-reactive ketones (excluding diaryl/α,β-unsaturated/α-hetero) is 2. The van der Waals surface area contributed by atoms with Crippen LogP contribution in [0.1, 0.15) is 77.0 Å². The maximum atomic E-state index is 11.9. The lowest BCUT2D eigenvalue weighted by atomic mass is 10.1. The van der Waals surface area contributed by atoms with Gasteiger partial charge in [-0.3, -0.25) is 9.59 Å². The Morgan fingerprint density at radius 1 is 0.559 bits per heavy atom. The summed E-state index contributed by atoms with van der Waals surface area (Å²) in [5, 5.41) is 0. The van der Waals surface area contributed by atoms with Gasteiger partial charge in [-0.05, 0) is 61.2 Å². The van der Waals surface area contributed by atoms with Crippen molar-refractivity contribution in [3.05, 3.63) is 0 Å². The molecule has 10 heteroatoms. The number of unbranched alkanes of at least 4 members (excludes halogenated alkanes) is 7. The van der Waals surface area contributed by atoms with Gasteiger partial charge in [0.15, 0.2) is 0 Å². The molecule has 0 saturated heterocycles. The van der Waals surface area contributed by atoms with Gasteiger partial charge in [-0.25, -0.2) is 0 Å². The molecule has 0 radical (unpaired) electrons. The largest absolute Gasteiger partial charge is 0.321 e. The molecule has 206 valence electrons. The number of rotatable bonds is 25. The summed E-state index contributed by atoms with van der Waals surface area (Å²) < 4.78 is 0. The van der Waals surface area contributed by atoms with Gasteiger partial charge in [-0.1, -0.05) is 38.5 Å². The predicted molar refractivity (Wildman–Crippen MR) is 167 cm³/mol. The van der Waals surface area contributed by atoms with Gasteiger partial charge < -0.3 is 11.5 Å². The Labute approximate surface area is 239 Å². The number of hydrogen-bond donors (Lipinski definition) is 2. The number of hydrogen-bond acceptors (Lipinski definition) is 8. The van der Waals surface area contributed by atoms with Gasteiger partial charge in [0.05, 0.1) is 12.1 Å². The van der Waals surface area contributed by atoms with Crippen LogP contribution >= 0.6 is 71.9 Å². The average molecular weight is 598 g/mol. The van der Waals surface area contributed by atoms with Crippen molar-refractivity contribution in [1.82, 2.24) is 0 Å². The Kier molecular flexibility index (Phi) is 35.6. The molecule has 0 amide bonds. The molecule has 4 N–H and O–H groups in total. The highest BCUT2D eigenvalue weighted by atomic mass is 35.5. The molecule has 0 spiro atoms. The van der Waals surface area contributed by atoms with Crippen molar-refractivity contribution in [3.8, 4) is 0 Å². The summed E-state index contributed by atoms with van der Waals surface area (Å²) in [5.41, 5.74) is 11.8. The second-order valence-electron chi connectivity index (χ2n) is 8.26. The van der Waals surface area contributed by atoms with Crippen molar-refractivity contribution in [2.45, 2.75) is 89.1 Å². The first kappa shape index (κ1) is 39.7. The smallest absolute Gasteiger partial charge is 0.150 e. The van der Waals surface area contributed by atoms with Gasteiger partial charge in [-0.2, -0.15) is 47.0 Å². The molecule has 0 aromatic rings. The monoisotopic (exact) mass is 596 g/mol. The van der Waals surface area contributed by atoms with E-state index in [-0.39, 0.29) is 48.5 Å². The van der Waals surface area contributed by atoms with E-state index in [1.54, 1.807) is 23.5 Å². The fourth-order valence-corrected chi connectivity index (χ4v) is 6.10. The van der Waals surface area contributed by atoms with Crippen molar-refractivity contribution in [2.75, 3.05) is 47.0 Å². The lowest BCUT2D eigenvalue weighted by Gasteiger charge is -2.09. The standard InChI is InChI=1S/C24H48N2O2S4.2ClH/c1-29-17-11-21(25)23(27)13-19-31-15-9-7-5-3-4-6-8-10-16-32-20-14-24(28)22(26)12-18-30-2;;/h21-22H,3-20,25-26H2,1-2H3;2*1H. The zero-order valence-electron chi connectivity index (χ0n) is 21.3. The van der Waals surface area contributed by atoms with E-state index in [1.165, 1.54) is 51.4 Å². The van der Waals surface area contributed by atoms with Crippen LogP contribution < -0.4 is 11.5 Å². The molecule has 2 atom stereocenters. The normalized spacial score (nSPS) is 12.5. The minimum atomic E-state index is -0.260. The highest BCUT2D eigenvalue weighted by molar-refractivity contribution is 7.99. The third-order valence-corrected chi connectivity index (χ3v) is 8.83. The van der Waals surface area contributed by atoms with Crippen LogP contribution in [0.25, 0.3) is 0 Å². The van der Waals surface area contributed by atoms with E-state index in [0.717, 1.165) is 47.4 Å². The van der Waals surface area contributed by atoms with E-state index in [2.05, 4.69) is 0 Å². The molecule has 4 nitrogen and oxygen atoms in total. The highest BCUT2D eigenvalue weighted by Crippen LogP contribution is 2.14. The first-order chi connectivity index (χ1) is 15.5. The Hall–Kier alpha value is 1.24. The topological polar surface area (TPSA) is 86.2 Å². The summed E-state index contributed by atoms with van der Waals surface area (Å²) in [6.07, 6.45) is 17.4. The van der Waals surface area contributed by atoms with Gasteiger partial charge >= 0.3 is 0 Å². The minimum Gasteiger partial charge on any atom is -0.321 e. The quantitative estimate of drug-likeness (QED) is 0.115. The Morgan fingerprint density at radius 2 is 0.882 bits per heavy atom. The summed E-state index contributed by atoms with van der Waals surface area (Å²) in [6, 6.07) is -0.520. The maximum absolute atomic E-state index is 11.9. The van der Waals surface area contributed by atoms with Gasteiger partial charge in [0, 0.05) is 24.3 Å². The molecule has 0 heterocycles. The van der Waals surface area contributed by atoms with Crippen molar-refractivity contribution in [3.63, 3.8) is 0 Å². The maximum Gasteiger partial charge on any atom is 0.150 e. The molecule has 2 unspecified atom stereocenters. The Bertz CT molecular complexity index is 427. The van der Waals surface area contributed by atoms with Crippen molar-refractivity contribution >= 4 is 83.4 Å². The zero-order chi connectivity index (χ0) is 23.9. The Balaban J connectivity index is -0.00000480. The summed E-state index contributed by atoms with van der Waals surface area (Å²) in [6.45, 7) is 0. The van der Waals surface area contributed by atoms with Crippen LogP contribution in [0, 0.1) is 0 Å². The third-order valence-electron chi connectivity index (χ3n) is 5.41. The van der Waals surface area contributed by atoms with Crippen LogP contribution in [0.15, 0.2) is 0 Å². The molecule has 0 saturated carbocycles. The number of halogens is 2. The van der Waals surface area contributed by atoms with E-state index in [1.807, 2.05) is 36.0 Å². The number of carbonyl (C=O) groups excluding carboxylic acids is 2. The zero-order valence-corrected chi connectivity index (χ0v) is 26.2. The summed E-state index contributed by atoms with van der Waals surface area (Å²) in [5.74, 6) is 6.55. The van der Waals surface area contributed by atoms with Crippen LogP contribution in [-0.4, -0.2) is 70.7 Å². The predicted octanol–water partition coefficient (Wildman–Crippen LogP) is 6.50.